The van der Waals surface area contributed by atoms with Crippen LogP contribution in [0.3, 0.4) is 0 Å². The maximum atomic E-state index is 11.1. The van der Waals surface area contributed by atoms with Gasteiger partial charge >= 0.3 is 0 Å². The van der Waals surface area contributed by atoms with E-state index in [2.05, 4.69) is 0 Å². The third-order valence-corrected chi connectivity index (χ3v) is 5.70. The van der Waals surface area contributed by atoms with E-state index in [-0.39, 0.29) is 17.0 Å². The molecule has 0 aromatic carbocycles. The van der Waals surface area contributed by atoms with Crippen molar-refractivity contribution < 1.29 is 4.79 Å². The second kappa shape index (κ2) is 4.64. The maximum Gasteiger partial charge on any atom is 0.135 e. The molecule has 0 aromatic heterocycles. The Morgan fingerprint density at radius 3 is 2.40 bits per heavy atom. The molecule has 1 heterocycles. The lowest BCUT2D eigenvalue weighted by Gasteiger charge is -2.33. The highest BCUT2D eigenvalue weighted by atomic mass is 35.5. The number of carbonyl (C=O) groups is 1. The normalized spacial score (nSPS) is 30.5. The smallest absolute Gasteiger partial charge is 0.135 e. The number of alkyl halides is 3. The molecule has 1 aliphatic rings. The van der Waals surface area contributed by atoms with Gasteiger partial charge in [-0.2, -0.15) is 11.8 Å². The Morgan fingerprint density at radius 2 is 2.07 bits per heavy atom. The van der Waals surface area contributed by atoms with Crippen molar-refractivity contribution in [2.24, 2.45) is 5.92 Å². The average molecular weight is 290 g/mol. The van der Waals surface area contributed by atoms with Gasteiger partial charge < -0.3 is 0 Å². The lowest BCUT2D eigenvalue weighted by molar-refractivity contribution is -0.117. The van der Waals surface area contributed by atoms with Crippen LogP contribution in [0.15, 0.2) is 0 Å². The summed E-state index contributed by atoms with van der Waals surface area (Å²) in [6.07, 6.45) is 0.418. The fourth-order valence-corrected chi connectivity index (χ4v) is 5.48. The second-order valence-electron chi connectivity index (χ2n) is 4.52. The number of ketones is 1. The Kier molecular flexibility index (Phi) is 4.31. The summed E-state index contributed by atoms with van der Waals surface area (Å²) in [6.45, 7) is 5.38. The molecule has 0 unspecified atom stereocenters. The molecule has 0 aliphatic carbocycles. The summed E-state index contributed by atoms with van der Waals surface area (Å²) in [5.74, 6) is 0.928. The molecule has 0 aromatic rings. The first-order valence-corrected chi connectivity index (χ1v) is 7.01. The molecule has 1 saturated heterocycles. The summed E-state index contributed by atoms with van der Waals surface area (Å²) in [7, 11) is 0. The van der Waals surface area contributed by atoms with E-state index >= 15 is 0 Å². The van der Waals surface area contributed by atoms with Crippen LogP contribution in [0.5, 0.6) is 0 Å². The van der Waals surface area contributed by atoms with Gasteiger partial charge in [-0.15, -0.1) is 11.6 Å². The van der Waals surface area contributed by atoms with E-state index in [1.165, 1.54) is 0 Å². The van der Waals surface area contributed by atoms with Crippen molar-refractivity contribution in [2.75, 3.05) is 5.75 Å². The topological polar surface area (TPSA) is 17.1 Å². The molecular weight excluding hydrogens is 275 g/mol. The van der Waals surface area contributed by atoms with Crippen LogP contribution >= 0.6 is 46.6 Å². The molecule has 0 bridgehead atoms. The fourth-order valence-electron chi connectivity index (χ4n) is 1.77. The second-order valence-corrected chi connectivity index (χ2v) is 8.17. The van der Waals surface area contributed by atoms with Gasteiger partial charge in [0, 0.05) is 28.2 Å². The van der Waals surface area contributed by atoms with Crippen molar-refractivity contribution in [3.05, 3.63) is 0 Å². The van der Waals surface area contributed by atoms with Crippen LogP contribution in [-0.4, -0.2) is 26.0 Å². The van der Waals surface area contributed by atoms with E-state index < -0.39 is 9.21 Å². The van der Waals surface area contributed by atoms with E-state index in [9.17, 15) is 4.79 Å². The molecule has 2 atom stereocenters. The summed E-state index contributed by atoms with van der Waals surface area (Å²) in [5.41, 5.74) is 0. The summed E-state index contributed by atoms with van der Waals surface area (Å²) in [5, 5.41) is -0.0404. The minimum atomic E-state index is -0.901. The average Bonchev–Trinajstić information content (AvgIpc) is 2.24. The first-order chi connectivity index (χ1) is 6.65. The molecule has 5 heteroatoms. The van der Waals surface area contributed by atoms with Gasteiger partial charge in [-0.05, 0) is 20.8 Å². The Morgan fingerprint density at radius 1 is 1.53 bits per heavy atom. The fraction of sp³-hybridized carbons (Fsp3) is 0.900. The molecule has 0 amide bonds. The zero-order valence-corrected chi connectivity index (χ0v) is 12.1. The van der Waals surface area contributed by atoms with Gasteiger partial charge in [-0.3, -0.25) is 4.79 Å². The number of hydrogen-bond donors (Lipinski definition) is 0. The van der Waals surface area contributed by atoms with Crippen LogP contribution in [0.2, 0.25) is 0 Å². The van der Waals surface area contributed by atoms with Crippen LogP contribution in [0.4, 0.5) is 0 Å². The van der Waals surface area contributed by atoms with Crippen molar-refractivity contribution in [2.45, 2.75) is 41.6 Å². The standard InChI is InChI=1S/C10H15Cl3OS/c1-6(14)4-8-10(12,13)7(5-15-8)9(2,3)11/h7-8H,4-5H2,1-3H3/t7-,8+/m1/s1. The van der Waals surface area contributed by atoms with Crippen molar-refractivity contribution in [1.29, 1.82) is 0 Å². The number of Topliss-reactive ketones (excluding diaryl/α,β-unsaturated/α-hetero) is 1. The van der Waals surface area contributed by atoms with Gasteiger partial charge in [-0.1, -0.05) is 23.2 Å². The minimum Gasteiger partial charge on any atom is -0.300 e. The van der Waals surface area contributed by atoms with Crippen molar-refractivity contribution in [1.82, 2.24) is 0 Å². The highest BCUT2D eigenvalue weighted by molar-refractivity contribution is 8.00. The zero-order valence-electron chi connectivity index (χ0n) is 9.02. The van der Waals surface area contributed by atoms with Crippen molar-refractivity contribution in [3.63, 3.8) is 0 Å². The SMILES string of the molecule is CC(=O)C[C@@H]1SC[C@H](C(C)(C)Cl)C1(Cl)Cl. The third kappa shape index (κ3) is 3.18. The molecule has 1 aliphatic heterocycles. The number of thioether (sulfide) groups is 1. The van der Waals surface area contributed by atoms with Crippen molar-refractivity contribution in [3.8, 4) is 0 Å². The molecule has 1 fully saturated rings. The minimum absolute atomic E-state index is 0.00403. The van der Waals surface area contributed by atoms with E-state index in [4.69, 9.17) is 34.8 Å². The largest absolute Gasteiger partial charge is 0.300 e. The highest BCUT2D eigenvalue weighted by Crippen LogP contribution is 2.54. The molecule has 15 heavy (non-hydrogen) atoms. The summed E-state index contributed by atoms with van der Waals surface area (Å²) < 4.78 is -0.901. The predicted octanol–water partition coefficient (Wildman–Crippen LogP) is 3.89. The Hall–Kier alpha value is 0.890. The number of rotatable bonds is 3. The van der Waals surface area contributed by atoms with Crippen LogP contribution < -0.4 is 0 Å². The third-order valence-electron chi connectivity index (χ3n) is 2.66. The Bertz CT molecular complexity index is 260. The molecule has 0 N–H and O–H groups in total. The number of hydrogen-bond acceptors (Lipinski definition) is 2. The number of carbonyl (C=O) groups excluding carboxylic acids is 1. The summed E-state index contributed by atoms with van der Waals surface area (Å²) in [6, 6.07) is 0. The molecule has 1 nitrogen and oxygen atoms in total. The van der Waals surface area contributed by atoms with Crippen LogP contribution in [-0.2, 0) is 4.79 Å². The monoisotopic (exact) mass is 288 g/mol. The molecule has 0 saturated carbocycles. The van der Waals surface area contributed by atoms with Gasteiger partial charge in [-0.25, -0.2) is 0 Å². The van der Waals surface area contributed by atoms with E-state index in [0.717, 1.165) is 5.75 Å². The Balaban J connectivity index is 2.80. The highest BCUT2D eigenvalue weighted by Gasteiger charge is 2.53. The van der Waals surface area contributed by atoms with Crippen molar-refractivity contribution >= 4 is 52.3 Å². The van der Waals surface area contributed by atoms with Gasteiger partial charge in [0.25, 0.3) is 0 Å². The molecular formula is C10H15Cl3OS. The van der Waals surface area contributed by atoms with E-state index in [0.29, 0.717) is 6.42 Å². The van der Waals surface area contributed by atoms with Gasteiger partial charge in [0.1, 0.15) is 10.1 Å². The quantitative estimate of drug-likeness (QED) is 0.733. The molecule has 88 valence electrons. The van der Waals surface area contributed by atoms with Gasteiger partial charge in [0.2, 0.25) is 0 Å². The first kappa shape index (κ1) is 14.0. The van der Waals surface area contributed by atoms with Crippen LogP contribution in [0.1, 0.15) is 27.2 Å². The molecule has 1 rings (SSSR count). The first-order valence-electron chi connectivity index (χ1n) is 4.83. The summed E-state index contributed by atoms with van der Waals surface area (Å²) in [4.78, 5) is 10.6. The van der Waals surface area contributed by atoms with Gasteiger partial charge in [0.05, 0.1) is 0 Å². The van der Waals surface area contributed by atoms with Gasteiger partial charge in [0.15, 0.2) is 0 Å². The zero-order chi connectivity index (χ0) is 11.9. The lowest BCUT2D eigenvalue weighted by atomic mass is 9.90. The molecule has 0 radical (unpaired) electrons. The summed E-state index contributed by atoms with van der Waals surface area (Å²) >= 11 is 20.6. The maximum absolute atomic E-state index is 11.1. The lowest BCUT2D eigenvalue weighted by Crippen LogP contribution is -2.41. The van der Waals surface area contributed by atoms with Crippen LogP contribution in [0, 0.1) is 5.92 Å². The number of halogens is 3. The predicted molar refractivity (Wildman–Crippen MR) is 69.4 cm³/mol. The van der Waals surface area contributed by atoms with Crippen LogP contribution in [0.25, 0.3) is 0 Å². The molecule has 0 spiro atoms. The van der Waals surface area contributed by atoms with E-state index in [1.54, 1.807) is 18.7 Å². The van der Waals surface area contributed by atoms with E-state index in [1.807, 2.05) is 13.8 Å². The Labute approximate surface area is 110 Å².